The van der Waals surface area contributed by atoms with Gasteiger partial charge in [-0.1, -0.05) is 69.0 Å². The van der Waals surface area contributed by atoms with Gasteiger partial charge < -0.3 is 15.2 Å². The maximum Gasteiger partial charge on any atom is 0.416 e. The molecule has 0 spiro atoms. The predicted molar refractivity (Wildman–Crippen MR) is 161 cm³/mol. The van der Waals surface area contributed by atoms with Crippen LogP contribution in [0.5, 0.6) is 5.75 Å². The molecule has 4 rings (SSSR count). The Labute approximate surface area is 254 Å². The fourth-order valence-corrected chi connectivity index (χ4v) is 4.54. The number of benzene rings is 3. The molecule has 0 saturated heterocycles. The highest BCUT2D eigenvalue weighted by atomic mass is 19.4. The number of hydrogen-bond donors (Lipinski definition) is 2. The molecule has 1 aromatic heterocycles. The van der Waals surface area contributed by atoms with Gasteiger partial charge in [-0.05, 0) is 53.9 Å². The number of alkyl halides is 3. The Balaban J connectivity index is 1.32. The van der Waals surface area contributed by atoms with Crippen molar-refractivity contribution in [2.75, 3.05) is 6.61 Å². The average molecular weight is 606 g/mol. The maximum atomic E-state index is 12.8. The fourth-order valence-electron chi connectivity index (χ4n) is 4.54. The van der Waals surface area contributed by atoms with Crippen molar-refractivity contribution in [3.63, 3.8) is 0 Å². The summed E-state index contributed by atoms with van der Waals surface area (Å²) in [5, 5.41) is 12.0. The Morgan fingerprint density at radius 1 is 0.818 bits per heavy atom. The second-order valence-electron chi connectivity index (χ2n) is 10.4. The van der Waals surface area contributed by atoms with E-state index < -0.39 is 29.7 Å². The SMILES string of the molecule is CCCCCCCOc1ccc(-c2cnc(-c3ccc(C[C@H](NC(=O)c4ccc(C(F)(F)F)cc4)C(=O)O)cc3)nc2)cc1. The summed E-state index contributed by atoms with van der Waals surface area (Å²) in [5.74, 6) is -0.730. The molecule has 1 atom stereocenters. The first-order valence-electron chi connectivity index (χ1n) is 14.5. The van der Waals surface area contributed by atoms with Crippen LogP contribution in [0, 0.1) is 0 Å². The molecule has 2 N–H and O–H groups in total. The van der Waals surface area contributed by atoms with E-state index in [9.17, 15) is 27.9 Å². The van der Waals surface area contributed by atoms with Gasteiger partial charge in [0.15, 0.2) is 5.82 Å². The summed E-state index contributed by atoms with van der Waals surface area (Å²) in [6.07, 6.45) is 4.84. The van der Waals surface area contributed by atoms with Crippen LogP contribution in [0.15, 0.2) is 85.2 Å². The molecule has 0 radical (unpaired) electrons. The Bertz CT molecular complexity index is 1510. The fraction of sp³-hybridized carbons (Fsp3) is 0.294. The summed E-state index contributed by atoms with van der Waals surface area (Å²) >= 11 is 0. The molecule has 3 aromatic carbocycles. The number of carbonyl (C=O) groups is 2. The molecule has 10 heteroatoms. The lowest BCUT2D eigenvalue weighted by atomic mass is 10.0. The van der Waals surface area contributed by atoms with Gasteiger partial charge in [0.1, 0.15) is 11.8 Å². The highest BCUT2D eigenvalue weighted by Crippen LogP contribution is 2.29. The standard InChI is InChI=1S/C34H34F3N3O4/c1-2-3-4-5-6-19-44-29-17-13-24(14-18-29)27-21-38-31(39-22-27)25-9-7-23(8-10-25)20-30(33(42)43)40-32(41)26-11-15-28(16-12-26)34(35,36)37/h7-18,21-22,30H,2-6,19-20H2,1H3,(H,40,41)(H,42,43)/t30-/m0/s1. The number of carboxylic acid groups (broad SMARTS) is 1. The summed E-state index contributed by atoms with van der Waals surface area (Å²) in [5.41, 5.74) is 2.20. The van der Waals surface area contributed by atoms with Crippen molar-refractivity contribution in [2.24, 2.45) is 0 Å². The van der Waals surface area contributed by atoms with Crippen molar-refractivity contribution in [1.29, 1.82) is 0 Å². The number of amides is 1. The monoisotopic (exact) mass is 605 g/mol. The molecule has 44 heavy (non-hydrogen) atoms. The van der Waals surface area contributed by atoms with Crippen LogP contribution < -0.4 is 10.1 Å². The van der Waals surface area contributed by atoms with Gasteiger partial charge in [0.25, 0.3) is 5.91 Å². The molecule has 0 unspecified atom stereocenters. The predicted octanol–water partition coefficient (Wildman–Crippen LogP) is 7.60. The Hall–Kier alpha value is -4.73. The lowest BCUT2D eigenvalue weighted by molar-refractivity contribution is -0.139. The third-order valence-corrected chi connectivity index (χ3v) is 7.09. The molecule has 4 aromatic rings. The van der Waals surface area contributed by atoms with Crippen LogP contribution in [0.4, 0.5) is 13.2 Å². The second-order valence-corrected chi connectivity index (χ2v) is 10.4. The zero-order valence-electron chi connectivity index (χ0n) is 24.3. The van der Waals surface area contributed by atoms with Gasteiger partial charge in [0, 0.05) is 35.5 Å². The number of unbranched alkanes of at least 4 members (excludes halogenated alkanes) is 4. The summed E-state index contributed by atoms with van der Waals surface area (Å²) in [6.45, 7) is 2.90. The first-order chi connectivity index (χ1) is 21.1. The lowest BCUT2D eigenvalue weighted by Crippen LogP contribution is -2.42. The molecule has 230 valence electrons. The molecule has 0 saturated carbocycles. The van der Waals surface area contributed by atoms with Gasteiger partial charge in [0.2, 0.25) is 0 Å². The van der Waals surface area contributed by atoms with Crippen LogP contribution in [0.1, 0.15) is 60.5 Å². The summed E-state index contributed by atoms with van der Waals surface area (Å²) < 4.78 is 44.2. The number of aromatic nitrogens is 2. The third kappa shape index (κ3) is 9.13. The average Bonchev–Trinajstić information content (AvgIpc) is 3.03. The van der Waals surface area contributed by atoms with Crippen LogP contribution in [0.3, 0.4) is 0 Å². The van der Waals surface area contributed by atoms with Crippen molar-refractivity contribution in [3.05, 3.63) is 102 Å². The van der Waals surface area contributed by atoms with Crippen LogP contribution in [0.25, 0.3) is 22.5 Å². The van der Waals surface area contributed by atoms with Crippen LogP contribution in [-0.2, 0) is 17.4 Å². The van der Waals surface area contributed by atoms with Crippen molar-refractivity contribution < 1.29 is 32.6 Å². The zero-order valence-corrected chi connectivity index (χ0v) is 24.3. The van der Waals surface area contributed by atoms with Gasteiger partial charge in [-0.15, -0.1) is 0 Å². The number of nitrogens with one attached hydrogen (secondary N) is 1. The summed E-state index contributed by atoms with van der Waals surface area (Å²) in [7, 11) is 0. The normalized spacial score (nSPS) is 12.0. The van der Waals surface area contributed by atoms with Crippen molar-refractivity contribution >= 4 is 11.9 Å². The van der Waals surface area contributed by atoms with E-state index in [1.807, 2.05) is 24.3 Å². The first kappa shape index (κ1) is 32.2. The number of ether oxygens (including phenoxy) is 1. The molecule has 0 aliphatic carbocycles. The van der Waals surface area contributed by atoms with E-state index in [1.54, 1.807) is 36.7 Å². The van der Waals surface area contributed by atoms with E-state index in [0.717, 1.165) is 53.1 Å². The molecule has 1 heterocycles. The minimum absolute atomic E-state index is 0.0274. The Kier molecular flexibility index (Phi) is 11.1. The highest BCUT2D eigenvalue weighted by Gasteiger charge is 2.30. The van der Waals surface area contributed by atoms with Crippen molar-refractivity contribution in [3.8, 4) is 28.3 Å². The van der Waals surface area contributed by atoms with E-state index in [-0.39, 0.29) is 12.0 Å². The molecule has 0 bridgehead atoms. The minimum atomic E-state index is -4.54. The Morgan fingerprint density at radius 3 is 2.02 bits per heavy atom. The Morgan fingerprint density at radius 2 is 1.43 bits per heavy atom. The highest BCUT2D eigenvalue weighted by molar-refractivity contribution is 5.96. The van der Waals surface area contributed by atoms with Gasteiger partial charge >= 0.3 is 12.1 Å². The second kappa shape index (κ2) is 15.1. The topological polar surface area (TPSA) is 101 Å². The largest absolute Gasteiger partial charge is 0.494 e. The molecular formula is C34H34F3N3O4. The molecule has 7 nitrogen and oxygen atoms in total. The van der Waals surface area contributed by atoms with E-state index in [2.05, 4.69) is 22.2 Å². The molecular weight excluding hydrogens is 571 g/mol. The van der Waals surface area contributed by atoms with Gasteiger partial charge in [-0.25, -0.2) is 14.8 Å². The molecule has 1 amide bonds. The van der Waals surface area contributed by atoms with E-state index >= 15 is 0 Å². The van der Waals surface area contributed by atoms with E-state index in [4.69, 9.17) is 4.74 Å². The number of halogens is 3. The minimum Gasteiger partial charge on any atom is -0.494 e. The van der Waals surface area contributed by atoms with Crippen molar-refractivity contribution in [1.82, 2.24) is 15.3 Å². The van der Waals surface area contributed by atoms with Crippen LogP contribution in [0.2, 0.25) is 0 Å². The number of nitrogens with zero attached hydrogens (tertiary/aromatic N) is 2. The molecule has 0 fully saturated rings. The van der Waals surface area contributed by atoms with Gasteiger partial charge in [-0.2, -0.15) is 13.2 Å². The van der Waals surface area contributed by atoms with Crippen molar-refractivity contribution in [2.45, 2.75) is 57.7 Å². The van der Waals surface area contributed by atoms with Crippen LogP contribution >= 0.6 is 0 Å². The van der Waals surface area contributed by atoms with Crippen LogP contribution in [-0.4, -0.2) is 39.6 Å². The number of aliphatic carboxylic acids is 1. The van der Waals surface area contributed by atoms with Gasteiger partial charge in [0.05, 0.1) is 12.2 Å². The molecule has 0 aliphatic heterocycles. The number of hydrogen-bond acceptors (Lipinski definition) is 5. The van der Waals surface area contributed by atoms with Gasteiger partial charge in [-0.3, -0.25) is 4.79 Å². The summed E-state index contributed by atoms with van der Waals surface area (Å²) in [4.78, 5) is 33.3. The maximum absolute atomic E-state index is 12.8. The first-order valence-corrected chi connectivity index (χ1v) is 14.5. The van der Waals surface area contributed by atoms with E-state index in [0.29, 0.717) is 18.0 Å². The zero-order chi connectivity index (χ0) is 31.5. The molecule has 0 aliphatic rings. The summed E-state index contributed by atoms with van der Waals surface area (Å²) in [6, 6.07) is 17.1. The number of rotatable bonds is 14. The third-order valence-electron chi connectivity index (χ3n) is 7.09. The smallest absolute Gasteiger partial charge is 0.416 e. The number of carboxylic acids is 1. The number of carbonyl (C=O) groups excluding carboxylic acids is 1. The lowest BCUT2D eigenvalue weighted by Gasteiger charge is -2.15. The van der Waals surface area contributed by atoms with E-state index in [1.165, 1.54) is 25.7 Å². The quantitative estimate of drug-likeness (QED) is 0.144.